The average molecular weight is 268 g/mol. The molecule has 0 spiro atoms. The number of nitrogens with zero attached hydrogens (tertiary/aromatic N) is 1. The molecule has 3 rings (SSSR count). The third kappa shape index (κ3) is 2.66. The molecule has 0 amide bonds. The number of rotatable bonds is 3. The summed E-state index contributed by atoms with van der Waals surface area (Å²) in [6.45, 7) is 2.18. The predicted molar refractivity (Wildman–Crippen MR) is 82.1 cm³/mol. The van der Waals surface area contributed by atoms with Crippen molar-refractivity contribution in [2.75, 3.05) is 0 Å². The van der Waals surface area contributed by atoms with Crippen LogP contribution >= 0.6 is 11.8 Å². The Balaban J connectivity index is 1.73. The highest BCUT2D eigenvalue weighted by molar-refractivity contribution is 8.14. The maximum atomic E-state index is 4.49. The summed E-state index contributed by atoms with van der Waals surface area (Å²) in [5.74, 6) is 0. The van der Waals surface area contributed by atoms with E-state index in [1.165, 1.54) is 11.1 Å². The second kappa shape index (κ2) is 5.10. The van der Waals surface area contributed by atoms with Gasteiger partial charge in [-0.25, -0.2) is 0 Å². The minimum atomic E-state index is -0.147. The Morgan fingerprint density at radius 2 is 1.63 bits per heavy atom. The second-order valence-corrected chi connectivity index (χ2v) is 6.27. The molecular weight excluding hydrogens is 252 g/mol. The van der Waals surface area contributed by atoms with Gasteiger partial charge in [-0.3, -0.25) is 5.43 Å². The monoisotopic (exact) mass is 268 g/mol. The molecule has 0 aliphatic carbocycles. The number of nitrogens with one attached hydrogen (secondary N) is 1. The van der Waals surface area contributed by atoms with Crippen LogP contribution in [0.2, 0.25) is 0 Å². The number of benzene rings is 2. The van der Waals surface area contributed by atoms with Crippen LogP contribution < -0.4 is 5.43 Å². The fourth-order valence-corrected chi connectivity index (χ4v) is 3.32. The smallest absolute Gasteiger partial charge is 0.128 e. The van der Waals surface area contributed by atoms with Gasteiger partial charge in [0.15, 0.2) is 0 Å². The fraction of sp³-hybridized carbons (Fsp3) is 0.188. The molecule has 0 radical (unpaired) electrons. The molecule has 2 nitrogen and oxygen atoms in total. The second-order valence-electron chi connectivity index (χ2n) is 4.78. The van der Waals surface area contributed by atoms with E-state index in [2.05, 4.69) is 66.0 Å². The average Bonchev–Trinajstić information content (AvgIpc) is 2.84. The topological polar surface area (TPSA) is 24.4 Å². The largest absolute Gasteiger partial charge is 0.289 e. The lowest BCUT2D eigenvalue weighted by molar-refractivity contribution is 0.562. The summed E-state index contributed by atoms with van der Waals surface area (Å²) < 4.78 is 0. The third-order valence-electron chi connectivity index (χ3n) is 3.24. The van der Waals surface area contributed by atoms with Gasteiger partial charge in [-0.1, -0.05) is 72.4 Å². The Labute approximate surface area is 117 Å². The van der Waals surface area contributed by atoms with Crippen molar-refractivity contribution in [1.29, 1.82) is 0 Å². The van der Waals surface area contributed by atoms with E-state index in [1.54, 1.807) is 11.8 Å². The zero-order chi connectivity index (χ0) is 13.1. The van der Waals surface area contributed by atoms with E-state index in [0.717, 1.165) is 11.5 Å². The van der Waals surface area contributed by atoms with Crippen LogP contribution in [0.4, 0.5) is 0 Å². The van der Waals surface area contributed by atoms with Crippen molar-refractivity contribution < 1.29 is 0 Å². The highest BCUT2D eigenvalue weighted by atomic mass is 32.2. The molecule has 1 aliphatic heterocycles. The van der Waals surface area contributed by atoms with Gasteiger partial charge in [-0.2, -0.15) is 5.10 Å². The van der Waals surface area contributed by atoms with Crippen LogP contribution in [-0.2, 0) is 11.3 Å². The Hall–Kier alpha value is -1.74. The number of hydrogen-bond donors (Lipinski definition) is 1. The van der Waals surface area contributed by atoms with Crippen LogP contribution in [0.25, 0.3) is 0 Å². The molecule has 96 valence electrons. The van der Waals surface area contributed by atoms with Gasteiger partial charge < -0.3 is 0 Å². The van der Waals surface area contributed by atoms with Crippen molar-refractivity contribution in [2.45, 2.75) is 18.2 Å². The Morgan fingerprint density at radius 1 is 1.00 bits per heavy atom. The zero-order valence-electron chi connectivity index (χ0n) is 10.8. The SMILES string of the molecule is C[C@]1(c2ccccc2)NN=C(Cc2ccccc2)S1. The normalized spacial score (nSPS) is 21.8. The lowest BCUT2D eigenvalue weighted by Crippen LogP contribution is -2.28. The molecule has 0 unspecified atom stereocenters. The van der Waals surface area contributed by atoms with Gasteiger partial charge in [0.05, 0.1) is 0 Å². The fourth-order valence-electron chi connectivity index (χ4n) is 2.18. The van der Waals surface area contributed by atoms with Crippen LogP contribution in [0.1, 0.15) is 18.1 Å². The molecule has 1 atom stereocenters. The van der Waals surface area contributed by atoms with E-state index < -0.39 is 0 Å². The number of hydrogen-bond acceptors (Lipinski definition) is 3. The molecule has 19 heavy (non-hydrogen) atoms. The van der Waals surface area contributed by atoms with Crippen molar-refractivity contribution in [1.82, 2.24) is 5.43 Å². The summed E-state index contributed by atoms with van der Waals surface area (Å²) in [4.78, 5) is -0.147. The van der Waals surface area contributed by atoms with E-state index in [4.69, 9.17) is 0 Å². The summed E-state index contributed by atoms with van der Waals surface area (Å²) in [6.07, 6.45) is 0.890. The van der Waals surface area contributed by atoms with E-state index in [0.29, 0.717) is 0 Å². The van der Waals surface area contributed by atoms with Crippen molar-refractivity contribution >= 4 is 16.8 Å². The maximum Gasteiger partial charge on any atom is 0.128 e. The summed E-state index contributed by atoms with van der Waals surface area (Å²) in [5, 5.41) is 5.63. The first kappa shape index (κ1) is 12.3. The van der Waals surface area contributed by atoms with Crippen LogP contribution in [0.3, 0.4) is 0 Å². The van der Waals surface area contributed by atoms with E-state index in [1.807, 2.05) is 12.1 Å². The van der Waals surface area contributed by atoms with Crippen LogP contribution in [-0.4, -0.2) is 5.04 Å². The molecule has 0 bridgehead atoms. The first-order valence-electron chi connectivity index (χ1n) is 6.38. The van der Waals surface area contributed by atoms with Crippen molar-refractivity contribution in [3.63, 3.8) is 0 Å². The van der Waals surface area contributed by atoms with E-state index >= 15 is 0 Å². The van der Waals surface area contributed by atoms with Crippen molar-refractivity contribution in [2.24, 2.45) is 5.10 Å². The molecule has 0 saturated heterocycles. The first-order valence-corrected chi connectivity index (χ1v) is 7.20. The van der Waals surface area contributed by atoms with Gasteiger partial charge in [0, 0.05) is 6.42 Å². The minimum Gasteiger partial charge on any atom is -0.289 e. The standard InChI is InChI=1S/C16H16N2S/c1-16(14-10-6-3-7-11-14)18-17-15(19-16)12-13-8-4-2-5-9-13/h2-11,18H,12H2,1H3/t16-/m0/s1. The quantitative estimate of drug-likeness (QED) is 0.916. The van der Waals surface area contributed by atoms with Crippen LogP contribution in [0.15, 0.2) is 65.8 Å². The maximum absolute atomic E-state index is 4.49. The molecule has 2 aromatic carbocycles. The number of hydrazone groups is 1. The van der Waals surface area contributed by atoms with E-state index in [9.17, 15) is 0 Å². The Kier molecular flexibility index (Phi) is 3.30. The van der Waals surface area contributed by atoms with Gasteiger partial charge in [-0.15, -0.1) is 0 Å². The summed E-state index contributed by atoms with van der Waals surface area (Å²) in [7, 11) is 0. The predicted octanol–water partition coefficient (Wildman–Crippen LogP) is 3.75. The van der Waals surface area contributed by atoms with Gasteiger partial charge in [0.1, 0.15) is 9.91 Å². The lowest BCUT2D eigenvalue weighted by atomic mass is 10.1. The summed E-state index contributed by atoms with van der Waals surface area (Å²) >= 11 is 1.80. The Morgan fingerprint density at radius 3 is 2.32 bits per heavy atom. The van der Waals surface area contributed by atoms with Crippen LogP contribution in [0.5, 0.6) is 0 Å². The Bertz CT molecular complexity index is 580. The van der Waals surface area contributed by atoms with Gasteiger partial charge in [0.25, 0.3) is 0 Å². The molecule has 0 aromatic heterocycles. The molecule has 1 N–H and O–H groups in total. The third-order valence-corrected chi connectivity index (χ3v) is 4.45. The minimum absolute atomic E-state index is 0.147. The van der Waals surface area contributed by atoms with Crippen molar-refractivity contribution in [3.05, 3.63) is 71.8 Å². The summed E-state index contributed by atoms with van der Waals surface area (Å²) in [5.41, 5.74) is 5.83. The van der Waals surface area contributed by atoms with Gasteiger partial charge in [0.2, 0.25) is 0 Å². The molecular formula is C16H16N2S. The molecule has 3 heteroatoms. The van der Waals surface area contributed by atoms with Gasteiger partial charge in [-0.05, 0) is 18.1 Å². The van der Waals surface area contributed by atoms with Crippen molar-refractivity contribution in [3.8, 4) is 0 Å². The highest BCUT2D eigenvalue weighted by Crippen LogP contribution is 2.38. The molecule has 1 aliphatic rings. The molecule has 1 heterocycles. The molecule has 2 aromatic rings. The molecule has 0 fully saturated rings. The first-order chi connectivity index (χ1) is 9.26. The van der Waals surface area contributed by atoms with E-state index in [-0.39, 0.29) is 4.87 Å². The van der Waals surface area contributed by atoms with Crippen LogP contribution in [0, 0.1) is 0 Å². The number of thioether (sulfide) groups is 1. The highest BCUT2D eigenvalue weighted by Gasteiger charge is 2.33. The zero-order valence-corrected chi connectivity index (χ0v) is 11.7. The lowest BCUT2D eigenvalue weighted by Gasteiger charge is -2.23. The molecule has 0 saturated carbocycles. The summed E-state index contributed by atoms with van der Waals surface area (Å²) in [6, 6.07) is 20.9. The van der Waals surface area contributed by atoms with Gasteiger partial charge >= 0.3 is 0 Å².